The van der Waals surface area contributed by atoms with E-state index in [-0.39, 0.29) is 11.5 Å². The molecule has 0 spiro atoms. The maximum Gasteiger partial charge on any atom is 0.266 e. The molecule has 0 radical (unpaired) electrons. The van der Waals surface area contributed by atoms with Gasteiger partial charge in [-0.2, -0.15) is 0 Å². The molecule has 0 saturated carbocycles. The first-order chi connectivity index (χ1) is 15.1. The van der Waals surface area contributed by atoms with E-state index in [4.69, 9.17) is 4.74 Å². The van der Waals surface area contributed by atoms with Gasteiger partial charge in [0.15, 0.2) is 5.16 Å². The molecule has 0 aliphatic carbocycles. The number of nitrogens with one attached hydrogen (secondary N) is 1. The number of hydrogen-bond donors (Lipinski definition) is 1. The molecule has 0 aliphatic rings. The van der Waals surface area contributed by atoms with Gasteiger partial charge < -0.3 is 10.1 Å². The molecule has 0 saturated heterocycles. The molecule has 1 unspecified atom stereocenters. The van der Waals surface area contributed by atoms with Crippen LogP contribution in [0.15, 0.2) is 88.8 Å². The summed E-state index contributed by atoms with van der Waals surface area (Å²) in [6.45, 7) is 1.78. The van der Waals surface area contributed by atoms with Gasteiger partial charge in [-0.3, -0.25) is 14.2 Å². The van der Waals surface area contributed by atoms with Crippen molar-refractivity contribution in [2.45, 2.75) is 17.3 Å². The topological polar surface area (TPSA) is 73.2 Å². The van der Waals surface area contributed by atoms with Crippen LogP contribution in [0.3, 0.4) is 0 Å². The Morgan fingerprint density at radius 2 is 1.61 bits per heavy atom. The van der Waals surface area contributed by atoms with Crippen molar-refractivity contribution >= 4 is 28.6 Å². The molecule has 1 heterocycles. The molecule has 31 heavy (non-hydrogen) atoms. The van der Waals surface area contributed by atoms with Crippen molar-refractivity contribution < 1.29 is 9.53 Å². The van der Waals surface area contributed by atoms with E-state index in [0.717, 1.165) is 5.75 Å². The van der Waals surface area contributed by atoms with Crippen LogP contribution in [-0.4, -0.2) is 27.8 Å². The highest BCUT2D eigenvalue weighted by Crippen LogP contribution is 2.27. The van der Waals surface area contributed by atoms with Crippen LogP contribution in [0, 0.1) is 0 Å². The third-order valence-electron chi connectivity index (χ3n) is 4.72. The lowest BCUT2D eigenvalue weighted by Crippen LogP contribution is -2.29. The van der Waals surface area contributed by atoms with Gasteiger partial charge in [-0.05, 0) is 55.5 Å². The van der Waals surface area contributed by atoms with Gasteiger partial charge in [0, 0.05) is 7.05 Å². The lowest BCUT2D eigenvalue weighted by atomic mass is 10.2. The third kappa shape index (κ3) is 4.46. The molecule has 4 rings (SSSR count). The first-order valence-corrected chi connectivity index (χ1v) is 10.7. The van der Waals surface area contributed by atoms with Gasteiger partial charge in [-0.15, -0.1) is 0 Å². The van der Waals surface area contributed by atoms with Gasteiger partial charge in [-0.25, -0.2) is 4.98 Å². The van der Waals surface area contributed by atoms with Crippen molar-refractivity contribution in [3.05, 3.63) is 89.2 Å². The van der Waals surface area contributed by atoms with Gasteiger partial charge in [-0.1, -0.05) is 42.1 Å². The number of carbonyl (C=O) groups excluding carboxylic acids is 1. The Morgan fingerprint density at radius 1 is 0.968 bits per heavy atom. The Balaban J connectivity index is 1.76. The number of rotatable bonds is 6. The summed E-state index contributed by atoms with van der Waals surface area (Å²) in [5.74, 6) is 1.26. The van der Waals surface area contributed by atoms with E-state index in [2.05, 4.69) is 10.3 Å². The minimum absolute atomic E-state index is 0.134. The largest absolute Gasteiger partial charge is 0.457 e. The molecule has 3 aromatic carbocycles. The summed E-state index contributed by atoms with van der Waals surface area (Å²) < 4.78 is 7.39. The van der Waals surface area contributed by atoms with E-state index in [1.807, 2.05) is 54.6 Å². The summed E-state index contributed by atoms with van der Waals surface area (Å²) in [5.41, 5.74) is 1.06. The summed E-state index contributed by atoms with van der Waals surface area (Å²) in [4.78, 5) is 30.1. The highest BCUT2D eigenvalue weighted by atomic mass is 32.2. The minimum atomic E-state index is -0.412. The average molecular weight is 432 g/mol. The van der Waals surface area contributed by atoms with Crippen LogP contribution in [0.2, 0.25) is 0 Å². The number of nitrogens with zero attached hydrogens (tertiary/aromatic N) is 2. The molecule has 1 aromatic heterocycles. The van der Waals surface area contributed by atoms with Gasteiger partial charge in [0.25, 0.3) is 5.56 Å². The first kappa shape index (κ1) is 20.7. The third-order valence-corrected chi connectivity index (χ3v) is 5.77. The van der Waals surface area contributed by atoms with E-state index in [1.54, 1.807) is 42.8 Å². The Morgan fingerprint density at radius 3 is 2.32 bits per heavy atom. The van der Waals surface area contributed by atoms with Crippen LogP contribution in [0.25, 0.3) is 16.6 Å². The van der Waals surface area contributed by atoms with E-state index in [9.17, 15) is 9.59 Å². The molecule has 0 aliphatic heterocycles. The molecule has 1 amide bonds. The number of aromatic nitrogens is 2. The summed E-state index contributed by atoms with van der Waals surface area (Å²) in [7, 11) is 1.59. The summed E-state index contributed by atoms with van der Waals surface area (Å²) >= 11 is 1.24. The Kier molecular flexibility index (Phi) is 6.04. The number of amides is 1. The number of thioether (sulfide) groups is 1. The van der Waals surface area contributed by atoms with Crippen LogP contribution < -0.4 is 15.6 Å². The lowest BCUT2D eigenvalue weighted by Gasteiger charge is -2.16. The molecule has 0 fully saturated rings. The normalized spacial score (nSPS) is 11.8. The van der Waals surface area contributed by atoms with Crippen molar-refractivity contribution in [3.63, 3.8) is 0 Å². The molecule has 0 bridgehead atoms. The van der Waals surface area contributed by atoms with Crippen LogP contribution in [-0.2, 0) is 4.79 Å². The highest BCUT2D eigenvalue weighted by molar-refractivity contribution is 8.00. The summed E-state index contributed by atoms with van der Waals surface area (Å²) in [5, 5.41) is 3.20. The van der Waals surface area contributed by atoms with Crippen LogP contribution >= 0.6 is 11.8 Å². The molecule has 6 nitrogen and oxygen atoms in total. The summed E-state index contributed by atoms with van der Waals surface area (Å²) in [6, 6.07) is 23.9. The quantitative estimate of drug-likeness (QED) is 0.362. The van der Waals surface area contributed by atoms with E-state index in [1.165, 1.54) is 11.8 Å². The molecule has 7 heteroatoms. The second-order valence-corrected chi connectivity index (χ2v) is 8.14. The van der Waals surface area contributed by atoms with E-state index >= 15 is 0 Å². The second kappa shape index (κ2) is 9.06. The van der Waals surface area contributed by atoms with Crippen molar-refractivity contribution in [1.82, 2.24) is 14.9 Å². The average Bonchev–Trinajstić information content (AvgIpc) is 2.80. The maximum atomic E-state index is 13.3. The predicted molar refractivity (Wildman–Crippen MR) is 123 cm³/mol. The zero-order chi connectivity index (χ0) is 21.8. The fourth-order valence-electron chi connectivity index (χ4n) is 3.12. The Labute approximate surface area is 183 Å². The Bertz CT molecular complexity index is 1270. The second-order valence-electron chi connectivity index (χ2n) is 6.84. The van der Waals surface area contributed by atoms with Crippen molar-refractivity contribution in [2.75, 3.05) is 7.05 Å². The SMILES string of the molecule is CNC(=O)C(C)Sc1nc2ccccc2c(=O)n1-c1ccc(Oc2ccccc2)cc1. The zero-order valence-corrected chi connectivity index (χ0v) is 17.9. The monoisotopic (exact) mass is 431 g/mol. The molecule has 156 valence electrons. The number of carbonyl (C=O) groups is 1. The van der Waals surface area contributed by atoms with Crippen molar-refractivity contribution in [1.29, 1.82) is 0 Å². The molecule has 1 N–H and O–H groups in total. The minimum Gasteiger partial charge on any atom is -0.457 e. The predicted octanol–water partition coefficient (Wildman–Crippen LogP) is 4.40. The fourth-order valence-corrected chi connectivity index (χ4v) is 4.11. The molecule has 4 aromatic rings. The first-order valence-electron chi connectivity index (χ1n) is 9.80. The molecule has 1 atom stereocenters. The number of ether oxygens (including phenoxy) is 1. The van der Waals surface area contributed by atoms with Gasteiger partial charge in [0.05, 0.1) is 21.8 Å². The van der Waals surface area contributed by atoms with Crippen LogP contribution in [0.5, 0.6) is 11.5 Å². The van der Waals surface area contributed by atoms with Gasteiger partial charge >= 0.3 is 0 Å². The number of para-hydroxylation sites is 2. The standard InChI is InChI=1S/C24H21N3O3S/c1-16(22(28)25-2)31-24-26-21-11-7-6-10-20(21)23(29)27(24)17-12-14-19(15-13-17)30-18-8-4-3-5-9-18/h3-16H,1-2H3,(H,25,28). The molecular formula is C24H21N3O3S. The number of benzene rings is 3. The van der Waals surface area contributed by atoms with Gasteiger partial charge in [0.1, 0.15) is 11.5 Å². The van der Waals surface area contributed by atoms with Crippen LogP contribution in [0.1, 0.15) is 6.92 Å². The van der Waals surface area contributed by atoms with E-state index < -0.39 is 5.25 Å². The molecular weight excluding hydrogens is 410 g/mol. The van der Waals surface area contributed by atoms with Crippen LogP contribution in [0.4, 0.5) is 0 Å². The number of fused-ring (bicyclic) bond motifs is 1. The smallest absolute Gasteiger partial charge is 0.266 e. The van der Waals surface area contributed by atoms with Crippen molar-refractivity contribution in [2.24, 2.45) is 0 Å². The summed E-state index contributed by atoms with van der Waals surface area (Å²) in [6.07, 6.45) is 0. The number of hydrogen-bond acceptors (Lipinski definition) is 5. The van der Waals surface area contributed by atoms with Gasteiger partial charge in [0.2, 0.25) is 5.91 Å². The highest BCUT2D eigenvalue weighted by Gasteiger charge is 2.19. The van der Waals surface area contributed by atoms with Crippen molar-refractivity contribution in [3.8, 4) is 17.2 Å². The maximum absolute atomic E-state index is 13.3. The lowest BCUT2D eigenvalue weighted by molar-refractivity contribution is -0.119. The Hall–Kier alpha value is -3.58. The zero-order valence-electron chi connectivity index (χ0n) is 17.1. The fraction of sp³-hybridized carbons (Fsp3) is 0.125. The van der Waals surface area contributed by atoms with E-state index in [0.29, 0.717) is 27.5 Å².